The minimum atomic E-state index is -0.0441. The van der Waals surface area contributed by atoms with E-state index in [4.69, 9.17) is 9.73 Å². The third kappa shape index (κ3) is 4.86. The van der Waals surface area contributed by atoms with Gasteiger partial charge in [0.1, 0.15) is 5.75 Å². The van der Waals surface area contributed by atoms with E-state index >= 15 is 0 Å². The number of hydrogen-bond donors (Lipinski definition) is 2. The molecule has 0 spiro atoms. The molecule has 0 amide bonds. The second-order valence-electron chi connectivity index (χ2n) is 9.72. The molecule has 0 atom stereocenters. The lowest BCUT2D eigenvalue weighted by Gasteiger charge is -2.45. The number of methoxy groups -OCH3 is 1. The van der Waals surface area contributed by atoms with Crippen molar-refractivity contribution in [2.75, 3.05) is 7.11 Å². The number of aryl methyl sites for hydroxylation is 1. The van der Waals surface area contributed by atoms with Gasteiger partial charge in [-0.2, -0.15) is 0 Å². The predicted octanol–water partition coefficient (Wildman–Crippen LogP) is 4.24. The van der Waals surface area contributed by atoms with E-state index in [0.29, 0.717) is 5.56 Å². The van der Waals surface area contributed by atoms with Crippen molar-refractivity contribution in [2.24, 2.45) is 4.99 Å². The third-order valence-corrected chi connectivity index (χ3v) is 5.70. The molecule has 6 nitrogen and oxygen atoms in total. The number of nitrogens with one attached hydrogen (secondary N) is 2. The monoisotopic (exact) mass is 412 g/mol. The Morgan fingerprint density at radius 2 is 1.77 bits per heavy atom. The lowest BCUT2D eigenvalue weighted by atomic mass is 9.80. The van der Waals surface area contributed by atoms with E-state index in [9.17, 15) is 4.79 Å². The Morgan fingerprint density at radius 3 is 2.30 bits per heavy atom. The summed E-state index contributed by atoms with van der Waals surface area (Å²) in [6, 6.07) is 7.69. The van der Waals surface area contributed by atoms with E-state index in [1.807, 2.05) is 31.2 Å². The van der Waals surface area contributed by atoms with E-state index in [1.165, 1.54) is 0 Å². The normalized spacial score (nSPS) is 19.1. The summed E-state index contributed by atoms with van der Waals surface area (Å²) in [6.07, 6.45) is 3.67. The van der Waals surface area contributed by atoms with Crippen LogP contribution in [0, 0.1) is 0 Å². The third-order valence-electron chi connectivity index (χ3n) is 5.70. The molecule has 1 fully saturated rings. The molecule has 1 aromatic carbocycles. The zero-order valence-electron chi connectivity index (χ0n) is 19.4. The molecule has 0 radical (unpaired) electrons. The van der Waals surface area contributed by atoms with E-state index in [1.54, 1.807) is 11.8 Å². The van der Waals surface area contributed by atoms with Crippen molar-refractivity contribution in [3.05, 3.63) is 45.9 Å². The number of piperidine rings is 1. The smallest absolute Gasteiger partial charge is 0.280 e. The molecule has 0 aliphatic carbocycles. The number of benzene rings is 1. The second kappa shape index (κ2) is 8.42. The molecule has 164 valence electrons. The molecule has 0 bridgehead atoms. The van der Waals surface area contributed by atoms with Crippen LogP contribution < -0.4 is 15.6 Å². The molecule has 2 N–H and O–H groups in total. The Balaban J connectivity index is 2.00. The topological polar surface area (TPSA) is 71.4 Å². The first-order valence-electron chi connectivity index (χ1n) is 10.9. The summed E-state index contributed by atoms with van der Waals surface area (Å²) in [4.78, 5) is 18.4. The molecular weight excluding hydrogens is 376 g/mol. The number of aliphatic imine (C=N–C) groups is 1. The summed E-state index contributed by atoms with van der Waals surface area (Å²) >= 11 is 0. The van der Waals surface area contributed by atoms with Gasteiger partial charge in [-0.3, -0.25) is 14.9 Å². The summed E-state index contributed by atoms with van der Waals surface area (Å²) < 4.78 is 6.86. The maximum Gasteiger partial charge on any atom is 0.280 e. The molecule has 30 heavy (non-hydrogen) atoms. The van der Waals surface area contributed by atoms with Crippen molar-refractivity contribution < 1.29 is 4.74 Å². The summed E-state index contributed by atoms with van der Waals surface area (Å²) in [5, 5.41) is 7.03. The largest absolute Gasteiger partial charge is 0.497 e. The first-order valence-corrected chi connectivity index (χ1v) is 10.9. The summed E-state index contributed by atoms with van der Waals surface area (Å²) in [7, 11) is 1.64. The molecule has 1 saturated heterocycles. The Hall–Kier alpha value is -2.34. The zero-order valence-corrected chi connectivity index (χ0v) is 19.4. The Kier molecular flexibility index (Phi) is 6.27. The van der Waals surface area contributed by atoms with Gasteiger partial charge in [-0.05, 0) is 78.1 Å². The van der Waals surface area contributed by atoms with Gasteiger partial charge in [0, 0.05) is 22.5 Å². The quantitative estimate of drug-likeness (QED) is 0.697. The van der Waals surface area contributed by atoms with Crippen LogP contribution in [0.2, 0.25) is 0 Å². The highest BCUT2D eigenvalue weighted by Gasteiger charge is 2.37. The first kappa shape index (κ1) is 22.3. The van der Waals surface area contributed by atoms with Crippen LogP contribution >= 0.6 is 0 Å². The average molecular weight is 413 g/mol. The van der Waals surface area contributed by atoms with Crippen molar-refractivity contribution in [1.29, 1.82) is 0 Å². The van der Waals surface area contributed by atoms with Gasteiger partial charge < -0.3 is 10.1 Å². The van der Waals surface area contributed by atoms with Crippen LogP contribution in [-0.4, -0.2) is 39.7 Å². The Labute approximate surface area is 179 Å². The van der Waals surface area contributed by atoms with Gasteiger partial charge in [0.25, 0.3) is 5.56 Å². The highest BCUT2D eigenvalue weighted by atomic mass is 16.5. The van der Waals surface area contributed by atoms with Crippen LogP contribution in [0.3, 0.4) is 0 Å². The van der Waals surface area contributed by atoms with Crippen LogP contribution in [0.4, 0.5) is 0 Å². The number of H-pyrrole nitrogens is 1. The number of rotatable bonds is 6. The second-order valence-corrected chi connectivity index (χ2v) is 9.72. The van der Waals surface area contributed by atoms with Crippen molar-refractivity contribution in [2.45, 2.75) is 84.3 Å². The van der Waals surface area contributed by atoms with Gasteiger partial charge in [-0.15, -0.1) is 0 Å². The SMILES string of the molecule is CCCc1[nH]n(-c2ccc(OC)cc2)c(=O)c1C(C)=NC1CC(C)(C)NC(C)(C)C1. The maximum absolute atomic E-state index is 13.4. The van der Waals surface area contributed by atoms with Crippen LogP contribution in [0.25, 0.3) is 5.69 Å². The molecule has 3 rings (SSSR count). The molecule has 6 heteroatoms. The number of aromatic nitrogens is 2. The number of hydrogen-bond acceptors (Lipinski definition) is 4. The number of nitrogens with zero attached hydrogens (tertiary/aromatic N) is 2. The molecule has 0 saturated carbocycles. The van der Waals surface area contributed by atoms with E-state index in [-0.39, 0.29) is 22.7 Å². The summed E-state index contributed by atoms with van der Waals surface area (Å²) in [6.45, 7) is 13.0. The molecule has 1 aromatic heterocycles. The van der Waals surface area contributed by atoms with Gasteiger partial charge in [0.2, 0.25) is 0 Å². The Morgan fingerprint density at radius 1 is 1.17 bits per heavy atom. The molecule has 1 aliphatic rings. The predicted molar refractivity (Wildman–Crippen MR) is 123 cm³/mol. The first-order chi connectivity index (χ1) is 14.0. The standard InChI is InChI=1S/C24H36N4O2/c1-8-9-20-21(16(2)25-17-14-23(3,4)27-24(5,6)15-17)22(29)28(26-20)18-10-12-19(30-7)13-11-18/h10-13,17,26-27H,8-9,14-15H2,1-7H3. The fourth-order valence-electron chi connectivity index (χ4n) is 4.90. The minimum absolute atomic E-state index is 0.0177. The minimum Gasteiger partial charge on any atom is -0.497 e. The van der Waals surface area contributed by atoms with Crippen molar-refractivity contribution in [3.8, 4) is 11.4 Å². The average Bonchev–Trinajstić information content (AvgIpc) is 2.95. The fraction of sp³-hybridized carbons (Fsp3) is 0.583. The van der Waals surface area contributed by atoms with Crippen LogP contribution in [0.5, 0.6) is 5.75 Å². The van der Waals surface area contributed by atoms with E-state index < -0.39 is 0 Å². The fourth-order valence-corrected chi connectivity index (χ4v) is 4.90. The summed E-state index contributed by atoms with van der Waals surface area (Å²) in [5.41, 5.74) is 3.27. The van der Waals surface area contributed by atoms with Crippen LogP contribution in [0.15, 0.2) is 34.1 Å². The van der Waals surface area contributed by atoms with Crippen molar-refractivity contribution in [3.63, 3.8) is 0 Å². The number of aromatic amines is 1. The molecular formula is C24H36N4O2. The van der Waals surface area contributed by atoms with Crippen LogP contribution in [-0.2, 0) is 6.42 Å². The van der Waals surface area contributed by atoms with Gasteiger partial charge in [0.05, 0.1) is 24.4 Å². The molecule has 1 aliphatic heterocycles. The zero-order chi connectivity index (χ0) is 22.1. The van der Waals surface area contributed by atoms with E-state index in [0.717, 1.165) is 48.5 Å². The Bertz CT molecular complexity index is 948. The van der Waals surface area contributed by atoms with Crippen LogP contribution in [0.1, 0.15) is 72.1 Å². The number of ether oxygens (including phenoxy) is 1. The lowest BCUT2D eigenvalue weighted by Crippen LogP contribution is -2.58. The maximum atomic E-state index is 13.4. The van der Waals surface area contributed by atoms with Gasteiger partial charge in [-0.1, -0.05) is 13.3 Å². The molecule has 2 heterocycles. The highest BCUT2D eigenvalue weighted by Crippen LogP contribution is 2.30. The highest BCUT2D eigenvalue weighted by molar-refractivity contribution is 5.99. The molecule has 0 unspecified atom stereocenters. The molecule has 2 aromatic rings. The lowest BCUT2D eigenvalue weighted by molar-refractivity contribution is 0.164. The summed E-state index contributed by atoms with van der Waals surface area (Å²) in [5.74, 6) is 0.765. The van der Waals surface area contributed by atoms with E-state index in [2.05, 4.69) is 45.0 Å². The van der Waals surface area contributed by atoms with Gasteiger partial charge >= 0.3 is 0 Å². The van der Waals surface area contributed by atoms with Gasteiger partial charge in [0.15, 0.2) is 0 Å². The van der Waals surface area contributed by atoms with Crippen molar-refractivity contribution in [1.82, 2.24) is 15.1 Å². The van der Waals surface area contributed by atoms with Gasteiger partial charge in [-0.25, -0.2) is 4.68 Å². The van der Waals surface area contributed by atoms with Crippen molar-refractivity contribution >= 4 is 5.71 Å².